The molecule has 1 aromatic carbocycles. The van der Waals surface area contributed by atoms with Crippen molar-refractivity contribution >= 4 is 11.8 Å². The molecule has 0 atom stereocenters. The summed E-state index contributed by atoms with van der Waals surface area (Å²) in [6, 6.07) is 15.9. The van der Waals surface area contributed by atoms with Gasteiger partial charge in [-0.3, -0.25) is 4.98 Å². The number of hydrogen-bond acceptors (Lipinski definition) is 5. The largest absolute Gasteiger partial charge is 0.416 e. The third kappa shape index (κ3) is 3.45. The lowest BCUT2D eigenvalue weighted by atomic mass is 10.2. The van der Waals surface area contributed by atoms with Crippen molar-refractivity contribution in [2.75, 3.05) is 0 Å². The lowest BCUT2D eigenvalue weighted by molar-refractivity contribution is 0.420. The number of nitrogens with zero attached hydrogens (tertiary/aromatic N) is 3. The molecule has 3 aromatic rings. The minimum Gasteiger partial charge on any atom is -0.416 e. The summed E-state index contributed by atoms with van der Waals surface area (Å²) in [6.07, 6.45) is 2.45. The molecule has 0 saturated heterocycles. The zero-order valence-electron chi connectivity index (χ0n) is 10.8. The zero-order chi connectivity index (χ0) is 13.6. The van der Waals surface area contributed by atoms with Crippen LogP contribution < -0.4 is 0 Å². The first-order valence-electron chi connectivity index (χ1n) is 6.29. The van der Waals surface area contributed by atoms with Crippen molar-refractivity contribution in [1.82, 2.24) is 15.2 Å². The first-order valence-corrected chi connectivity index (χ1v) is 7.28. The van der Waals surface area contributed by atoms with Crippen molar-refractivity contribution in [3.63, 3.8) is 0 Å². The zero-order valence-corrected chi connectivity index (χ0v) is 11.6. The highest BCUT2D eigenvalue weighted by Crippen LogP contribution is 2.21. The Labute approximate surface area is 121 Å². The van der Waals surface area contributed by atoms with Gasteiger partial charge in [-0.1, -0.05) is 48.2 Å². The summed E-state index contributed by atoms with van der Waals surface area (Å²) in [5, 5.41) is 8.70. The molecule has 0 aliphatic heterocycles. The van der Waals surface area contributed by atoms with Crippen molar-refractivity contribution in [3.8, 4) is 0 Å². The van der Waals surface area contributed by atoms with Gasteiger partial charge < -0.3 is 4.42 Å². The first kappa shape index (κ1) is 12.9. The maximum atomic E-state index is 5.62. The number of aromatic nitrogens is 3. The maximum absolute atomic E-state index is 5.62. The second-order valence-electron chi connectivity index (χ2n) is 4.23. The van der Waals surface area contributed by atoms with Gasteiger partial charge in [0.05, 0.1) is 12.1 Å². The first-order chi connectivity index (χ1) is 9.90. The Morgan fingerprint density at radius 1 is 0.950 bits per heavy atom. The summed E-state index contributed by atoms with van der Waals surface area (Å²) in [4.78, 5) is 4.26. The van der Waals surface area contributed by atoms with E-state index in [4.69, 9.17) is 4.42 Å². The van der Waals surface area contributed by atoms with E-state index in [2.05, 4.69) is 15.2 Å². The topological polar surface area (TPSA) is 51.8 Å². The molecule has 0 bridgehead atoms. The quantitative estimate of drug-likeness (QED) is 0.672. The van der Waals surface area contributed by atoms with E-state index in [1.165, 1.54) is 11.8 Å². The lowest BCUT2D eigenvalue weighted by Gasteiger charge is -1.96. The van der Waals surface area contributed by atoms with E-state index in [1.54, 1.807) is 6.20 Å². The Morgan fingerprint density at radius 2 is 1.80 bits per heavy atom. The summed E-state index contributed by atoms with van der Waals surface area (Å²) in [5.74, 6) is 1.37. The van der Waals surface area contributed by atoms with E-state index in [0.717, 1.165) is 17.0 Å². The molecule has 0 radical (unpaired) electrons. The second kappa shape index (κ2) is 6.34. The number of pyridine rings is 1. The molecule has 3 rings (SSSR count). The van der Waals surface area contributed by atoms with Crippen LogP contribution in [0.2, 0.25) is 0 Å². The monoisotopic (exact) mass is 283 g/mol. The number of rotatable bonds is 5. The van der Waals surface area contributed by atoms with Gasteiger partial charge in [0.15, 0.2) is 0 Å². The average molecular weight is 283 g/mol. The molecule has 0 aliphatic rings. The molecule has 0 N–H and O–H groups in total. The molecule has 0 fully saturated rings. The fraction of sp³-hybridized carbons (Fsp3) is 0.133. The third-order valence-corrected chi connectivity index (χ3v) is 3.57. The van der Waals surface area contributed by atoms with Crippen LogP contribution in [0.1, 0.15) is 17.1 Å². The molecule has 2 heterocycles. The summed E-state index contributed by atoms with van der Waals surface area (Å²) in [5.41, 5.74) is 2.16. The number of benzene rings is 1. The molecule has 5 heteroatoms. The van der Waals surface area contributed by atoms with E-state index < -0.39 is 0 Å². The van der Waals surface area contributed by atoms with E-state index in [1.807, 2.05) is 48.5 Å². The van der Waals surface area contributed by atoms with Gasteiger partial charge in [-0.05, 0) is 17.7 Å². The second-order valence-corrected chi connectivity index (χ2v) is 5.16. The van der Waals surface area contributed by atoms with Gasteiger partial charge in [-0.25, -0.2) is 0 Å². The van der Waals surface area contributed by atoms with Crippen LogP contribution in [0.25, 0.3) is 0 Å². The van der Waals surface area contributed by atoms with Crippen LogP contribution in [0.5, 0.6) is 0 Å². The summed E-state index contributed by atoms with van der Waals surface area (Å²) in [6.45, 7) is 0. The molecule has 0 saturated carbocycles. The molecule has 20 heavy (non-hydrogen) atoms. The lowest BCUT2D eigenvalue weighted by Crippen LogP contribution is -1.87. The molecular weight excluding hydrogens is 270 g/mol. The summed E-state index contributed by atoms with van der Waals surface area (Å²) >= 11 is 1.50. The highest BCUT2D eigenvalue weighted by molar-refractivity contribution is 7.98. The molecule has 2 aromatic heterocycles. The van der Waals surface area contributed by atoms with Crippen molar-refractivity contribution in [1.29, 1.82) is 0 Å². The van der Waals surface area contributed by atoms with Crippen LogP contribution >= 0.6 is 11.8 Å². The van der Waals surface area contributed by atoms with Gasteiger partial charge in [0.2, 0.25) is 5.89 Å². The average Bonchev–Trinajstić information content (AvgIpc) is 2.95. The number of thioether (sulfide) groups is 1. The fourth-order valence-corrected chi connectivity index (χ4v) is 2.45. The predicted octanol–water partition coefficient (Wildman–Crippen LogP) is 3.35. The maximum Gasteiger partial charge on any atom is 0.276 e. The molecule has 0 spiro atoms. The van der Waals surface area contributed by atoms with Crippen LogP contribution in [0.3, 0.4) is 0 Å². The molecule has 0 amide bonds. The van der Waals surface area contributed by atoms with Crippen LogP contribution in [0, 0.1) is 0 Å². The van der Waals surface area contributed by atoms with E-state index in [0.29, 0.717) is 17.5 Å². The molecule has 0 aliphatic carbocycles. The van der Waals surface area contributed by atoms with Crippen LogP contribution in [-0.4, -0.2) is 15.2 Å². The Morgan fingerprint density at radius 3 is 2.60 bits per heavy atom. The third-order valence-electron chi connectivity index (χ3n) is 2.72. The van der Waals surface area contributed by atoms with Gasteiger partial charge in [0, 0.05) is 11.9 Å². The fourth-order valence-electron chi connectivity index (χ4n) is 1.76. The van der Waals surface area contributed by atoms with Gasteiger partial charge >= 0.3 is 0 Å². The van der Waals surface area contributed by atoms with E-state index in [9.17, 15) is 0 Å². The van der Waals surface area contributed by atoms with Crippen molar-refractivity contribution in [2.45, 2.75) is 17.4 Å². The molecule has 0 unspecified atom stereocenters. The standard InChI is InChI=1S/C15H13N3OS/c1-2-6-12(7-3-1)10-14-17-18-15(19-14)20-11-13-8-4-5-9-16-13/h1-9H,10-11H2. The van der Waals surface area contributed by atoms with Crippen LogP contribution in [0.4, 0.5) is 0 Å². The highest BCUT2D eigenvalue weighted by atomic mass is 32.2. The van der Waals surface area contributed by atoms with Gasteiger partial charge in [-0.2, -0.15) is 0 Å². The van der Waals surface area contributed by atoms with Gasteiger partial charge in [-0.15, -0.1) is 10.2 Å². The van der Waals surface area contributed by atoms with Crippen molar-refractivity contribution < 1.29 is 4.42 Å². The Bertz CT molecular complexity index is 655. The summed E-state index contributed by atoms with van der Waals surface area (Å²) in [7, 11) is 0. The SMILES string of the molecule is c1ccc(Cc2nnc(SCc3ccccn3)o2)cc1. The molecule has 100 valence electrons. The Balaban J connectivity index is 1.60. The van der Waals surface area contributed by atoms with Crippen molar-refractivity contribution in [2.24, 2.45) is 0 Å². The Kier molecular flexibility index (Phi) is 4.08. The Hall–Kier alpha value is -2.14. The number of hydrogen-bond donors (Lipinski definition) is 0. The minimum atomic E-state index is 0.585. The van der Waals surface area contributed by atoms with Gasteiger partial charge in [0.25, 0.3) is 5.22 Å². The van der Waals surface area contributed by atoms with E-state index in [-0.39, 0.29) is 0 Å². The normalized spacial score (nSPS) is 10.6. The van der Waals surface area contributed by atoms with Crippen LogP contribution in [-0.2, 0) is 12.2 Å². The molecule has 4 nitrogen and oxygen atoms in total. The molecular formula is C15H13N3OS. The summed E-state index contributed by atoms with van der Waals surface area (Å²) < 4.78 is 5.62. The predicted molar refractivity (Wildman–Crippen MR) is 77.3 cm³/mol. The minimum absolute atomic E-state index is 0.585. The van der Waals surface area contributed by atoms with E-state index >= 15 is 0 Å². The smallest absolute Gasteiger partial charge is 0.276 e. The van der Waals surface area contributed by atoms with Crippen molar-refractivity contribution in [3.05, 3.63) is 71.9 Å². The van der Waals surface area contributed by atoms with Gasteiger partial charge in [0.1, 0.15) is 0 Å². The van der Waals surface area contributed by atoms with Crippen LogP contribution in [0.15, 0.2) is 64.4 Å². The highest BCUT2D eigenvalue weighted by Gasteiger charge is 2.07.